The van der Waals surface area contributed by atoms with Crippen LogP contribution in [0.25, 0.3) is 0 Å². The highest BCUT2D eigenvalue weighted by Gasteiger charge is 2.54. The van der Waals surface area contributed by atoms with E-state index in [0.717, 1.165) is 5.56 Å². The van der Waals surface area contributed by atoms with Crippen molar-refractivity contribution in [1.29, 1.82) is 0 Å². The minimum Gasteiger partial charge on any atom is -0.467 e. The second kappa shape index (κ2) is 9.85. The molecule has 2 aromatic rings. The molecule has 2 aliphatic heterocycles. The molecule has 0 saturated carbocycles. The van der Waals surface area contributed by atoms with Crippen LogP contribution < -0.4 is 5.32 Å². The average Bonchev–Trinajstić information content (AvgIpc) is 3.45. The van der Waals surface area contributed by atoms with Crippen molar-refractivity contribution in [1.82, 2.24) is 15.1 Å². The Morgan fingerprint density at radius 2 is 1.86 bits per heavy atom. The molecule has 8 heteroatoms. The van der Waals surface area contributed by atoms with Crippen LogP contribution >= 0.6 is 0 Å². The van der Waals surface area contributed by atoms with Gasteiger partial charge in [0.05, 0.1) is 19.4 Å². The normalized spacial score (nSPS) is 19.7. The zero-order valence-electron chi connectivity index (χ0n) is 21.0. The van der Waals surface area contributed by atoms with Crippen molar-refractivity contribution < 1.29 is 23.5 Å². The molecule has 1 aromatic carbocycles. The minimum absolute atomic E-state index is 0.0968. The molecule has 2 aliphatic rings. The van der Waals surface area contributed by atoms with Gasteiger partial charge in [-0.3, -0.25) is 19.3 Å². The first-order valence-corrected chi connectivity index (χ1v) is 12.2. The molecule has 4 rings (SSSR count). The van der Waals surface area contributed by atoms with Gasteiger partial charge in [-0.05, 0) is 36.6 Å². The van der Waals surface area contributed by atoms with Crippen LogP contribution in [0, 0.1) is 12.3 Å². The molecule has 1 unspecified atom stereocenters. The Bertz CT molecular complexity index is 1060. The summed E-state index contributed by atoms with van der Waals surface area (Å²) in [6.07, 6.45) is 2.94. The maximum Gasteiger partial charge on any atom is 0.256 e. The number of amides is 3. The third-order valence-electron chi connectivity index (χ3n) is 6.64. The monoisotopic (exact) mass is 481 g/mol. The maximum absolute atomic E-state index is 13.8. The van der Waals surface area contributed by atoms with E-state index in [2.05, 4.69) is 5.32 Å². The summed E-state index contributed by atoms with van der Waals surface area (Å²) in [7, 11) is 0. The fraction of sp³-hybridized carbons (Fsp3) is 0.519. The highest BCUT2D eigenvalue weighted by molar-refractivity contribution is 5.98. The number of furan rings is 1. The van der Waals surface area contributed by atoms with Crippen LogP contribution in [0.2, 0.25) is 0 Å². The number of rotatable bonds is 5. The van der Waals surface area contributed by atoms with E-state index < -0.39 is 11.8 Å². The van der Waals surface area contributed by atoms with Crippen molar-refractivity contribution in [2.45, 2.75) is 65.3 Å². The fourth-order valence-electron chi connectivity index (χ4n) is 4.86. The van der Waals surface area contributed by atoms with Crippen LogP contribution in [0.15, 0.2) is 47.1 Å². The number of nitrogens with one attached hydrogen (secondary N) is 1. The Morgan fingerprint density at radius 3 is 2.49 bits per heavy atom. The van der Waals surface area contributed by atoms with E-state index in [0.29, 0.717) is 43.7 Å². The van der Waals surface area contributed by atoms with Gasteiger partial charge in [-0.25, -0.2) is 0 Å². The summed E-state index contributed by atoms with van der Waals surface area (Å²) in [5.41, 5.74) is 0.461. The first-order valence-electron chi connectivity index (χ1n) is 12.2. The number of carbonyl (C=O) groups is 3. The number of nitrogens with zero attached hydrogens (tertiary/aromatic N) is 2. The van der Waals surface area contributed by atoms with Crippen LogP contribution in [0.5, 0.6) is 0 Å². The predicted molar refractivity (Wildman–Crippen MR) is 130 cm³/mol. The molecule has 1 aromatic heterocycles. The first-order chi connectivity index (χ1) is 16.6. The standard InChI is InChI=1S/C27H35N3O5/c1-19-7-5-8-20(15-19)25(33)30-22(24(32)28-17-21-9-6-14-34-21)18-35-27(30)10-12-29(13-11-27)23(31)16-26(2,3)4/h5-9,14-15,22H,10-13,16-18H2,1-4H3,(H,28,32). The highest BCUT2D eigenvalue weighted by Crippen LogP contribution is 2.39. The van der Waals surface area contributed by atoms with Crippen LogP contribution in [-0.4, -0.2) is 59.0 Å². The van der Waals surface area contributed by atoms with Gasteiger partial charge in [0.1, 0.15) is 17.5 Å². The number of benzene rings is 1. The molecule has 1 N–H and O–H groups in total. The Labute approximate surface area is 206 Å². The van der Waals surface area contributed by atoms with E-state index in [4.69, 9.17) is 9.15 Å². The van der Waals surface area contributed by atoms with Gasteiger partial charge in [-0.2, -0.15) is 0 Å². The molecule has 1 spiro atoms. The van der Waals surface area contributed by atoms with Gasteiger partial charge < -0.3 is 19.4 Å². The Kier molecular flexibility index (Phi) is 7.03. The van der Waals surface area contributed by atoms with Gasteiger partial charge in [0.25, 0.3) is 5.91 Å². The molecule has 2 saturated heterocycles. The van der Waals surface area contributed by atoms with E-state index in [-0.39, 0.29) is 36.3 Å². The molecule has 2 fully saturated rings. The van der Waals surface area contributed by atoms with E-state index in [1.54, 1.807) is 29.4 Å². The minimum atomic E-state index is -0.925. The van der Waals surface area contributed by atoms with E-state index in [1.807, 2.05) is 50.8 Å². The smallest absolute Gasteiger partial charge is 0.256 e. The zero-order chi connectivity index (χ0) is 25.2. The average molecular weight is 482 g/mol. The Morgan fingerprint density at radius 1 is 1.11 bits per heavy atom. The molecular weight excluding hydrogens is 446 g/mol. The summed E-state index contributed by atoms with van der Waals surface area (Å²) in [6.45, 7) is 9.37. The van der Waals surface area contributed by atoms with Crippen LogP contribution in [0.1, 0.15) is 61.7 Å². The molecule has 0 aliphatic carbocycles. The molecule has 1 atom stereocenters. The summed E-state index contributed by atoms with van der Waals surface area (Å²) < 4.78 is 11.6. The third-order valence-corrected chi connectivity index (χ3v) is 6.64. The molecule has 3 amide bonds. The number of carbonyl (C=O) groups excluding carboxylic acids is 3. The van der Waals surface area contributed by atoms with E-state index in [1.165, 1.54) is 0 Å². The summed E-state index contributed by atoms with van der Waals surface area (Å²) >= 11 is 0. The van der Waals surface area contributed by atoms with Gasteiger partial charge in [0.2, 0.25) is 11.8 Å². The summed E-state index contributed by atoms with van der Waals surface area (Å²) in [4.78, 5) is 43.3. The van der Waals surface area contributed by atoms with Crippen molar-refractivity contribution in [3.8, 4) is 0 Å². The summed E-state index contributed by atoms with van der Waals surface area (Å²) in [6, 6.07) is 10.1. The van der Waals surface area contributed by atoms with E-state index in [9.17, 15) is 14.4 Å². The van der Waals surface area contributed by atoms with Gasteiger partial charge in [0.15, 0.2) is 0 Å². The van der Waals surface area contributed by atoms with Gasteiger partial charge in [-0.15, -0.1) is 0 Å². The lowest BCUT2D eigenvalue weighted by Gasteiger charge is -2.44. The Balaban J connectivity index is 1.54. The largest absolute Gasteiger partial charge is 0.467 e. The van der Waals surface area contributed by atoms with Crippen molar-refractivity contribution in [2.75, 3.05) is 19.7 Å². The number of likely N-dealkylation sites (tertiary alicyclic amines) is 1. The first kappa shape index (κ1) is 25.0. The zero-order valence-corrected chi connectivity index (χ0v) is 21.0. The van der Waals surface area contributed by atoms with Gasteiger partial charge >= 0.3 is 0 Å². The quantitative estimate of drug-likeness (QED) is 0.706. The number of aryl methyl sites for hydroxylation is 1. The van der Waals surface area contributed by atoms with E-state index >= 15 is 0 Å². The Hall–Kier alpha value is -3.13. The van der Waals surface area contributed by atoms with Crippen LogP contribution in [0.3, 0.4) is 0 Å². The summed E-state index contributed by atoms with van der Waals surface area (Å²) in [5.74, 6) is 0.216. The summed E-state index contributed by atoms with van der Waals surface area (Å²) in [5, 5.41) is 2.88. The molecular formula is C27H35N3O5. The van der Waals surface area contributed by atoms with Crippen LogP contribution in [0.4, 0.5) is 0 Å². The highest BCUT2D eigenvalue weighted by atomic mass is 16.5. The second-order valence-electron chi connectivity index (χ2n) is 10.7. The molecule has 35 heavy (non-hydrogen) atoms. The lowest BCUT2D eigenvalue weighted by Crippen LogP contribution is -2.59. The molecule has 0 radical (unpaired) electrons. The molecule has 0 bridgehead atoms. The van der Waals surface area contributed by atoms with Crippen molar-refractivity contribution >= 4 is 17.7 Å². The molecule has 188 valence electrons. The SMILES string of the molecule is Cc1cccc(C(=O)N2C(C(=O)NCc3ccco3)COC23CCN(C(=O)CC(C)(C)C)CC3)c1. The molecule has 8 nitrogen and oxygen atoms in total. The number of ether oxygens (including phenoxy) is 1. The van der Waals surface area contributed by atoms with Crippen molar-refractivity contribution in [3.63, 3.8) is 0 Å². The van der Waals surface area contributed by atoms with Gasteiger partial charge in [-0.1, -0.05) is 38.5 Å². The van der Waals surface area contributed by atoms with Crippen molar-refractivity contribution in [2.24, 2.45) is 5.41 Å². The topological polar surface area (TPSA) is 92.1 Å². The van der Waals surface area contributed by atoms with Crippen molar-refractivity contribution in [3.05, 3.63) is 59.5 Å². The fourth-order valence-corrected chi connectivity index (χ4v) is 4.86. The number of hydrogen-bond donors (Lipinski definition) is 1. The predicted octanol–water partition coefficient (Wildman–Crippen LogP) is 3.50. The third kappa shape index (κ3) is 5.59. The van der Waals surface area contributed by atoms with Crippen LogP contribution in [-0.2, 0) is 20.9 Å². The second-order valence-corrected chi connectivity index (χ2v) is 10.7. The number of hydrogen-bond acceptors (Lipinski definition) is 5. The van der Waals surface area contributed by atoms with Gasteiger partial charge in [0, 0.05) is 37.9 Å². The number of piperidine rings is 1. The lowest BCUT2D eigenvalue weighted by atomic mass is 9.90. The maximum atomic E-state index is 13.8. The molecule has 3 heterocycles. The lowest BCUT2D eigenvalue weighted by molar-refractivity contribution is -0.145.